The summed E-state index contributed by atoms with van der Waals surface area (Å²) in [6, 6.07) is 35.8. The minimum Gasteiger partial charge on any atom is -0.348 e. The molecular weight excluding hydrogens is 875 g/mol. The molecule has 14 rings (SSSR count). The third-order valence-electron chi connectivity index (χ3n) is 13.9. The normalized spacial score (nSPS) is 23.3. The molecule has 14 heteroatoms. The van der Waals surface area contributed by atoms with Crippen molar-refractivity contribution >= 4 is 78.1 Å². The van der Waals surface area contributed by atoms with Crippen molar-refractivity contribution in [2.45, 2.75) is 50.6 Å². The molecule has 0 radical (unpaired) electrons. The molecule has 4 amide bonds. The highest BCUT2D eigenvalue weighted by Crippen LogP contribution is 2.55. The van der Waals surface area contributed by atoms with Crippen LogP contribution in [-0.4, -0.2) is 33.6 Å². The van der Waals surface area contributed by atoms with E-state index < -0.39 is 10.8 Å². The largest absolute Gasteiger partial charge is 0.348 e. The Kier molecular flexibility index (Phi) is 9.93. The molecule has 2 aliphatic carbocycles. The van der Waals surface area contributed by atoms with Crippen LogP contribution in [0.5, 0.6) is 0 Å². The van der Waals surface area contributed by atoms with Crippen LogP contribution in [-0.2, 0) is 19.2 Å². The van der Waals surface area contributed by atoms with Crippen LogP contribution in [0.25, 0.3) is 44.1 Å². The van der Waals surface area contributed by atoms with Crippen molar-refractivity contribution in [3.05, 3.63) is 166 Å². The van der Waals surface area contributed by atoms with Crippen LogP contribution < -0.4 is 21.3 Å². The van der Waals surface area contributed by atoms with Gasteiger partial charge >= 0.3 is 0 Å². The van der Waals surface area contributed by atoms with Gasteiger partial charge in [0, 0.05) is 32.7 Å². The van der Waals surface area contributed by atoms with Crippen molar-refractivity contribution in [3.8, 4) is 22.5 Å². The average Bonchev–Trinajstić information content (AvgIpc) is 4.01. The molecule has 4 bridgehead atoms. The number of aromatic nitrogens is 2. The minimum absolute atomic E-state index is 0.0244. The smallest absolute Gasteiger partial charge is 0.234 e. The first kappa shape index (κ1) is 41.5. The van der Waals surface area contributed by atoms with E-state index in [4.69, 9.17) is 0 Å². The highest BCUT2D eigenvalue weighted by atomic mass is 32.1. The van der Waals surface area contributed by atoms with Crippen LogP contribution in [0.2, 0.25) is 0 Å². The van der Waals surface area contributed by atoms with Gasteiger partial charge in [-0.1, -0.05) is 97.1 Å². The average molecular weight is 915 g/mol. The highest BCUT2D eigenvalue weighted by Gasteiger charge is 2.56. The molecule has 0 spiro atoms. The number of carbonyl (C=O) groups is 4. The Morgan fingerprint density at radius 3 is 1.32 bits per heavy atom. The number of piperidine rings is 2. The van der Waals surface area contributed by atoms with Crippen LogP contribution in [0, 0.1) is 22.5 Å². The number of amides is 4. The second-order valence-electron chi connectivity index (χ2n) is 17.8. The van der Waals surface area contributed by atoms with Crippen LogP contribution in [0.15, 0.2) is 132 Å². The summed E-state index contributed by atoms with van der Waals surface area (Å²) in [4.78, 5) is 61.2. The predicted molar refractivity (Wildman–Crippen MR) is 253 cm³/mol. The second-order valence-corrected chi connectivity index (χ2v) is 19.5. The fourth-order valence-electron chi connectivity index (χ4n) is 10.4. The zero-order valence-electron chi connectivity index (χ0n) is 35.5. The molecule has 4 N–H and O–H groups in total. The molecule has 6 unspecified atom stereocenters. The van der Waals surface area contributed by atoms with E-state index in [1.54, 1.807) is 36.4 Å². The molecule has 66 heavy (non-hydrogen) atoms. The van der Waals surface area contributed by atoms with E-state index in [1.165, 1.54) is 34.8 Å². The number of carbonyl (C=O) groups excluding carboxylic acids is 4. The van der Waals surface area contributed by atoms with Crippen molar-refractivity contribution in [1.29, 1.82) is 0 Å². The van der Waals surface area contributed by atoms with Crippen molar-refractivity contribution in [2.75, 3.05) is 10.6 Å². The molecule has 2 fully saturated rings. The van der Waals surface area contributed by atoms with Gasteiger partial charge in [0.05, 0.1) is 46.1 Å². The second kappa shape index (κ2) is 15.8. The van der Waals surface area contributed by atoms with Crippen molar-refractivity contribution in [3.63, 3.8) is 0 Å². The first-order chi connectivity index (χ1) is 31.9. The number of rotatable bonds is 6. The molecular formula is C52H40F2N6O4S2. The number of thiazole rings is 2. The summed E-state index contributed by atoms with van der Waals surface area (Å²) in [6.45, 7) is 3.80. The van der Waals surface area contributed by atoms with E-state index in [0.717, 1.165) is 44.2 Å². The van der Waals surface area contributed by atoms with Gasteiger partial charge in [0.1, 0.15) is 11.6 Å². The van der Waals surface area contributed by atoms with Crippen molar-refractivity contribution < 1.29 is 28.0 Å². The monoisotopic (exact) mass is 914 g/mol. The zero-order valence-corrected chi connectivity index (χ0v) is 37.2. The maximum atomic E-state index is 14.2. The lowest BCUT2D eigenvalue weighted by Crippen LogP contribution is -2.57. The number of fused-ring (bicyclic) bond motifs is 6. The Morgan fingerprint density at radius 2 is 0.909 bits per heavy atom. The first-order valence-corrected chi connectivity index (χ1v) is 23.3. The van der Waals surface area contributed by atoms with Crippen molar-refractivity contribution in [1.82, 2.24) is 20.6 Å². The lowest BCUT2D eigenvalue weighted by molar-refractivity contribution is -0.138. The number of hydrogen-bond acceptors (Lipinski definition) is 8. The summed E-state index contributed by atoms with van der Waals surface area (Å²) < 4.78 is 28.4. The lowest BCUT2D eigenvalue weighted by Gasteiger charge is -2.49. The molecule has 6 atom stereocenters. The Bertz CT molecular complexity index is 3120. The zero-order chi connectivity index (χ0) is 45.5. The van der Waals surface area contributed by atoms with E-state index in [1.807, 2.05) is 97.4 Å². The van der Waals surface area contributed by atoms with E-state index in [0.29, 0.717) is 45.3 Å². The molecule has 2 saturated heterocycles. The summed E-state index contributed by atoms with van der Waals surface area (Å²) in [7, 11) is 0. The molecule has 6 heterocycles. The number of benzene rings is 6. The van der Waals surface area contributed by atoms with Gasteiger partial charge < -0.3 is 21.3 Å². The molecule has 6 aliphatic rings. The topological polar surface area (TPSA) is 142 Å². The maximum absolute atomic E-state index is 14.2. The summed E-state index contributed by atoms with van der Waals surface area (Å²) in [5.41, 5.74) is 5.43. The Morgan fingerprint density at radius 1 is 0.545 bits per heavy atom. The van der Waals surface area contributed by atoms with Crippen molar-refractivity contribution in [2.24, 2.45) is 10.8 Å². The van der Waals surface area contributed by atoms with Crippen LogP contribution in [0.4, 0.5) is 19.0 Å². The molecule has 0 saturated carbocycles. The SMILES string of the molecule is CC1(C(=O)Nc2nc(-c3ccc(F)c4ccccc34)cs2)CC2C(=O)NC1c1ccccc12.CC1(C(=O)Nc2nc(-c3ccc(F)c4ccccc34)cs2)CC2C(=O)NC1c1ccccc12. The Hall–Kier alpha value is -7.16. The summed E-state index contributed by atoms with van der Waals surface area (Å²) in [6.07, 6.45) is 0.903. The van der Waals surface area contributed by atoms with Gasteiger partial charge in [-0.2, -0.15) is 0 Å². The fourth-order valence-corrected chi connectivity index (χ4v) is 11.8. The number of nitrogens with one attached hydrogen (secondary N) is 4. The maximum Gasteiger partial charge on any atom is 0.234 e. The summed E-state index contributed by atoms with van der Waals surface area (Å²) in [5.74, 6) is -1.61. The summed E-state index contributed by atoms with van der Waals surface area (Å²) >= 11 is 2.66. The standard InChI is InChI=1S/2C26H20FN3O2S/c2*1-26(12-19-15-7-3-5-9-18(15)22(26)29-23(19)31)24(32)30-25-28-21(13-33-25)17-10-11-20(27)16-8-4-2-6-14(16)17/h2*2-11,13,19,22H,12H2,1H3,(H,29,31)(H,28,30,32). The summed E-state index contributed by atoms with van der Waals surface area (Å²) in [5, 5.41) is 19.3. The van der Waals surface area contributed by atoms with Crippen LogP contribution >= 0.6 is 22.7 Å². The molecule has 8 aromatic rings. The number of anilines is 2. The van der Waals surface area contributed by atoms with Gasteiger partial charge in [0.25, 0.3) is 0 Å². The molecule has 2 aromatic heterocycles. The van der Waals surface area contributed by atoms with Crippen LogP contribution in [0.1, 0.15) is 72.9 Å². The Labute approximate surface area is 385 Å². The Balaban J connectivity index is 0.000000146. The van der Waals surface area contributed by atoms with Gasteiger partial charge in [-0.3, -0.25) is 19.2 Å². The van der Waals surface area contributed by atoms with Gasteiger partial charge in [0.15, 0.2) is 10.3 Å². The number of hydrogen-bond donors (Lipinski definition) is 4. The fraction of sp³-hybridized carbons (Fsp3) is 0.192. The third kappa shape index (κ3) is 6.68. The molecule has 328 valence electrons. The van der Waals surface area contributed by atoms with E-state index in [-0.39, 0.29) is 59.2 Å². The van der Waals surface area contributed by atoms with E-state index >= 15 is 0 Å². The molecule has 6 aromatic carbocycles. The third-order valence-corrected chi connectivity index (χ3v) is 15.4. The van der Waals surface area contributed by atoms with Gasteiger partial charge in [-0.25, -0.2) is 18.7 Å². The van der Waals surface area contributed by atoms with Gasteiger partial charge in [-0.05, 0) is 84.0 Å². The predicted octanol–water partition coefficient (Wildman–Crippen LogP) is 10.8. The number of halogens is 2. The van der Waals surface area contributed by atoms with E-state index in [9.17, 15) is 28.0 Å². The minimum atomic E-state index is -0.790. The van der Waals surface area contributed by atoms with Gasteiger partial charge in [0.2, 0.25) is 23.6 Å². The highest BCUT2D eigenvalue weighted by molar-refractivity contribution is 7.14. The quantitative estimate of drug-likeness (QED) is 0.131. The lowest BCUT2D eigenvalue weighted by atomic mass is 9.61. The van der Waals surface area contributed by atoms with Gasteiger partial charge in [-0.15, -0.1) is 22.7 Å². The van der Waals surface area contributed by atoms with E-state index in [2.05, 4.69) is 31.2 Å². The number of nitrogens with zero attached hydrogens (tertiary/aromatic N) is 2. The first-order valence-electron chi connectivity index (χ1n) is 21.6. The molecule has 10 nitrogen and oxygen atoms in total. The molecule has 4 aliphatic heterocycles. The van der Waals surface area contributed by atoms with Crippen LogP contribution in [0.3, 0.4) is 0 Å².